The average Bonchev–Trinajstić information content (AvgIpc) is 3.06. The molecular formula is C26H28N2O2S. The third kappa shape index (κ3) is 4.88. The number of nitrogens with zero attached hydrogens (tertiary/aromatic N) is 1. The van der Waals surface area contributed by atoms with E-state index in [9.17, 15) is 9.90 Å². The van der Waals surface area contributed by atoms with E-state index in [1.165, 1.54) is 23.3 Å². The van der Waals surface area contributed by atoms with Gasteiger partial charge in [0.25, 0.3) is 5.91 Å². The quantitative estimate of drug-likeness (QED) is 0.449. The van der Waals surface area contributed by atoms with E-state index >= 15 is 0 Å². The maximum atomic E-state index is 13.4. The van der Waals surface area contributed by atoms with Gasteiger partial charge in [-0.15, -0.1) is 11.3 Å². The third-order valence-electron chi connectivity index (χ3n) is 5.90. The Morgan fingerprint density at radius 2 is 1.81 bits per heavy atom. The van der Waals surface area contributed by atoms with E-state index in [0.717, 1.165) is 47.5 Å². The van der Waals surface area contributed by atoms with Gasteiger partial charge in [-0.1, -0.05) is 31.0 Å². The molecule has 1 heterocycles. The zero-order chi connectivity index (χ0) is 21.8. The lowest BCUT2D eigenvalue weighted by atomic mass is 9.96. The summed E-state index contributed by atoms with van der Waals surface area (Å²) in [7, 11) is 0. The molecule has 1 amide bonds. The molecule has 4 rings (SSSR count). The molecule has 5 heteroatoms. The fraction of sp³-hybridized carbons (Fsp3) is 0.308. The van der Waals surface area contributed by atoms with Crippen LogP contribution in [0.5, 0.6) is 5.75 Å². The van der Waals surface area contributed by atoms with Crippen molar-refractivity contribution in [2.45, 2.75) is 52.4 Å². The Morgan fingerprint density at radius 3 is 2.58 bits per heavy atom. The predicted octanol–water partition coefficient (Wildman–Crippen LogP) is 6.73. The summed E-state index contributed by atoms with van der Waals surface area (Å²) in [6.45, 7) is 4.11. The van der Waals surface area contributed by atoms with Gasteiger partial charge in [0, 0.05) is 22.3 Å². The van der Waals surface area contributed by atoms with Crippen molar-refractivity contribution in [2.75, 3.05) is 5.32 Å². The van der Waals surface area contributed by atoms with E-state index in [2.05, 4.69) is 17.2 Å². The number of amides is 1. The van der Waals surface area contributed by atoms with Gasteiger partial charge in [-0.25, -0.2) is 4.99 Å². The molecule has 0 bridgehead atoms. The van der Waals surface area contributed by atoms with E-state index in [1.807, 2.05) is 37.3 Å². The van der Waals surface area contributed by atoms with Crippen LogP contribution in [0.25, 0.3) is 0 Å². The molecule has 0 radical (unpaired) electrons. The van der Waals surface area contributed by atoms with Crippen LogP contribution in [0.3, 0.4) is 0 Å². The number of hydrogen-bond donors (Lipinski definition) is 2. The van der Waals surface area contributed by atoms with Gasteiger partial charge in [0.2, 0.25) is 0 Å². The maximum absolute atomic E-state index is 13.4. The standard InChI is InChI=1S/C26H28N2O2S/c1-17-13-14-20(15-18(17)2)28-25(30)24-21-10-5-3-4-6-12-23(21)31-26(24)27-16-19-9-7-8-11-22(19)29/h7-9,11,13-16,29H,3-6,10,12H2,1-2H3,(H,28,30). The smallest absolute Gasteiger partial charge is 0.259 e. The van der Waals surface area contributed by atoms with Crippen LogP contribution in [0.15, 0.2) is 47.5 Å². The van der Waals surface area contributed by atoms with Gasteiger partial charge in [0.15, 0.2) is 0 Å². The number of rotatable bonds is 4. The first kappa shape index (κ1) is 21.3. The summed E-state index contributed by atoms with van der Waals surface area (Å²) in [5.74, 6) is 0.0769. The van der Waals surface area contributed by atoms with Crippen molar-refractivity contribution < 1.29 is 9.90 Å². The van der Waals surface area contributed by atoms with E-state index in [-0.39, 0.29) is 11.7 Å². The Labute approximate surface area is 187 Å². The number of fused-ring (bicyclic) bond motifs is 1. The van der Waals surface area contributed by atoms with Crippen molar-refractivity contribution in [1.82, 2.24) is 0 Å². The van der Waals surface area contributed by atoms with Gasteiger partial charge >= 0.3 is 0 Å². The number of phenolic OH excluding ortho intramolecular Hbond substituents is 1. The lowest BCUT2D eigenvalue weighted by Gasteiger charge is -2.12. The second kappa shape index (κ2) is 9.48. The number of aromatic hydroxyl groups is 1. The first-order valence-electron chi connectivity index (χ1n) is 10.9. The van der Waals surface area contributed by atoms with Gasteiger partial charge in [0.1, 0.15) is 10.8 Å². The molecule has 2 N–H and O–H groups in total. The molecular weight excluding hydrogens is 404 g/mol. The summed E-state index contributed by atoms with van der Waals surface area (Å²) < 4.78 is 0. The Balaban J connectivity index is 1.72. The normalized spacial score (nSPS) is 14.1. The average molecular weight is 433 g/mol. The molecule has 1 aliphatic rings. The molecule has 4 nitrogen and oxygen atoms in total. The summed E-state index contributed by atoms with van der Waals surface area (Å²) in [6.07, 6.45) is 8.23. The Kier molecular flexibility index (Phi) is 6.52. The Hall–Kier alpha value is -2.92. The number of carbonyl (C=O) groups is 1. The number of carbonyl (C=O) groups excluding carboxylic acids is 1. The predicted molar refractivity (Wildman–Crippen MR) is 129 cm³/mol. The number of phenols is 1. The van der Waals surface area contributed by atoms with Crippen LogP contribution in [0.4, 0.5) is 10.7 Å². The molecule has 1 aromatic heterocycles. The molecule has 0 aliphatic heterocycles. The molecule has 2 aromatic carbocycles. The first-order valence-corrected chi connectivity index (χ1v) is 11.7. The summed E-state index contributed by atoms with van der Waals surface area (Å²) >= 11 is 1.61. The molecule has 0 atom stereocenters. The fourth-order valence-corrected chi connectivity index (χ4v) is 5.20. The summed E-state index contributed by atoms with van der Waals surface area (Å²) in [5, 5.41) is 13.9. The topological polar surface area (TPSA) is 61.7 Å². The molecule has 0 unspecified atom stereocenters. The van der Waals surface area contributed by atoms with Crippen molar-refractivity contribution >= 4 is 34.1 Å². The minimum atomic E-state index is -0.106. The van der Waals surface area contributed by atoms with E-state index < -0.39 is 0 Å². The van der Waals surface area contributed by atoms with Gasteiger partial charge in [0.05, 0.1) is 5.56 Å². The van der Waals surface area contributed by atoms with Crippen LogP contribution in [-0.2, 0) is 12.8 Å². The minimum Gasteiger partial charge on any atom is -0.507 e. The monoisotopic (exact) mass is 432 g/mol. The van der Waals surface area contributed by atoms with Crippen LogP contribution in [0, 0.1) is 13.8 Å². The van der Waals surface area contributed by atoms with Crippen LogP contribution >= 0.6 is 11.3 Å². The van der Waals surface area contributed by atoms with Gasteiger partial charge < -0.3 is 10.4 Å². The lowest BCUT2D eigenvalue weighted by molar-refractivity contribution is 0.102. The molecule has 0 saturated heterocycles. The van der Waals surface area contributed by atoms with Crippen LogP contribution < -0.4 is 5.32 Å². The first-order chi connectivity index (χ1) is 15.0. The van der Waals surface area contributed by atoms with Gasteiger partial charge in [-0.05, 0) is 80.5 Å². The van der Waals surface area contributed by atoms with Crippen molar-refractivity contribution in [2.24, 2.45) is 4.99 Å². The number of nitrogens with one attached hydrogen (secondary N) is 1. The molecule has 160 valence electrons. The molecule has 31 heavy (non-hydrogen) atoms. The Morgan fingerprint density at radius 1 is 1.03 bits per heavy atom. The van der Waals surface area contributed by atoms with Gasteiger partial charge in [-0.3, -0.25) is 4.79 Å². The fourth-order valence-electron chi connectivity index (χ4n) is 3.97. The highest BCUT2D eigenvalue weighted by Gasteiger charge is 2.24. The van der Waals surface area contributed by atoms with Crippen molar-refractivity contribution in [3.05, 3.63) is 75.2 Å². The SMILES string of the molecule is Cc1ccc(NC(=O)c2c(N=Cc3ccccc3O)sc3c2CCCCCC3)cc1C. The number of anilines is 1. The number of hydrogen-bond acceptors (Lipinski definition) is 4. The summed E-state index contributed by atoms with van der Waals surface area (Å²) in [4.78, 5) is 19.4. The van der Waals surface area contributed by atoms with Crippen molar-refractivity contribution in [3.8, 4) is 5.75 Å². The van der Waals surface area contributed by atoms with Gasteiger partial charge in [-0.2, -0.15) is 0 Å². The van der Waals surface area contributed by atoms with Crippen LogP contribution in [0.1, 0.15) is 63.2 Å². The number of benzene rings is 2. The highest BCUT2D eigenvalue weighted by molar-refractivity contribution is 7.16. The Bertz CT molecular complexity index is 1130. The van der Waals surface area contributed by atoms with Crippen LogP contribution in [-0.4, -0.2) is 17.2 Å². The second-order valence-corrected chi connectivity index (χ2v) is 9.25. The molecule has 1 aliphatic carbocycles. The van der Waals surface area contributed by atoms with Crippen LogP contribution in [0.2, 0.25) is 0 Å². The van der Waals surface area contributed by atoms with E-state index in [0.29, 0.717) is 11.1 Å². The van der Waals surface area contributed by atoms with Crippen molar-refractivity contribution in [1.29, 1.82) is 0 Å². The highest BCUT2D eigenvalue weighted by Crippen LogP contribution is 2.39. The second-order valence-electron chi connectivity index (χ2n) is 8.17. The largest absolute Gasteiger partial charge is 0.507 e. The molecule has 0 spiro atoms. The zero-order valence-corrected chi connectivity index (χ0v) is 18.9. The summed E-state index contributed by atoms with van der Waals surface area (Å²) in [5.41, 5.74) is 5.63. The third-order valence-corrected chi connectivity index (χ3v) is 7.10. The molecule has 3 aromatic rings. The number of thiophene rings is 1. The molecule has 0 fully saturated rings. The lowest BCUT2D eigenvalue weighted by Crippen LogP contribution is -2.14. The van der Waals surface area contributed by atoms with Crippen molar-refractivity contribution in [3.63, 3.8) is 0 Å². The van der Waals surface area contributed by atoms with E-state index in [4.69, 9.17) is 0 Å². The zero-order valence-electron chi connectivity index (χ0n) is 18.1. The number of aliphatic imine (C=N–C) groups is 1. The highest BCUT2D eigenvalue weighted by atomic mass is 32.1. The molecule has 0 saturated carbocycles. The minimum absolute atomic E-state index is 0.106. The number of para-hydroxylation sites is 1. The number of aryl methyl sites for hydroxylation is 3. The van der Waals surface area contributed by atoms with E-state index in [1.54, 1.807) is 29.7 Å². The maximum Gasteiger partial charge on any atom is 0.259 e. The summed E-state index contributed by atoms with van der Waals surface area (Å²) in [6, 6.07) is 13.1.